The second-order valence-corrected chi connectivity index (χ2v) is 12.4. The standard InChI is InChI=1S/C38H25NSe/c1-3-9-26(10-4-1)27-17-20-31(21-18-27)39(30-11-5-2-6-12-30)32-22-24-33-29(25-32)16-15-28-19-23-35-34-13-7-8-14-36(34)40-38(35)37(28)33/h1-25H. The third-order valence-electron chi connectivity index (χ3n) is 7.83. The van der Waals surface area contributed by atoms with Gasteiger partial charge in [0.25, 0.3) is 0 Å². The predicted octanol–water partition coefficient (Wildman–Crippen LogP) is 10.5. The Bertz CT molecular complexity index is 2140. The quantitative estimate of drug-likeness (QED) is 0.149. The van der Waals surface area contributed by atoms with E-state index in [1.165, 1.54) is 52.0 Å². The number of hydrogen-bond acceptors (Lipinski definition) is 1. The summed E-state index contributed by atoms with van der Waals surface area (Å²) < 4.78 is 3.00. The number of nitrogens with zero attached hydrogens (tertiary/aromatic N) is 1. The Kier molecular flexibility index (Phi) is 5.55. The molecule has 0 saturated carbocycles. The SMILES string of the molecule is c1ccc(-c2ccc(N(c3ccccc3)c3ccc4c(ccc5ccc6c7ccccc7[se]c6c54)c3)cc2)cc1. The Morgan fingerprint density at radius 1 is 0.400 bits per heavy atom. The number of hydrogen-bond donors (Lipinski definition) is 0. The number of para-hydroxylation sites is 1. The van der Waals surface area contributed by atoms with E-state index >= 15 is 0 Å². The van der Waals surface area contributed by atoms with E-state index in [0.29, 0.717) is 14.5 Å². The summed E-state index contributed by atoms with van der Waals surface area (Å²) in [7, 11) is 0. The van der Waals surface area contributed by atoms with Crippen LogP contribution < -0.4 is 4.90 Å². The Labute approximate surface area is 239 Å². The van der Waals surface area contributed by atoms with Crippen LogP contribution in [0.2, 0.25) is 0 Å². The Hall–Kier alpha value is -4.62. The molecule has 2 heteroatoms. The van der Waals surface area contributed by atoms with E-state index in [0.717, 1.165) is 17.1 Å². The molecule has 8 rings (SSSR count). The van der Waals surface area contributed by atoms with Crippen molar-refractivity contribution < 1.29 is 0 Å². The van der Waals surface area contributed by atoms with Gasteiger partial charge in [-0.1, -0.05) is 30.3 Å². The number of fused-ring (bicyclic) bond motifs is 7. The second-order valence-electron chi connectivity index (χ2n) is 10.2. The minimum Gasteiger partial charge on any atom is -0.0617 e. The summed E-state index contributed by atoms with van der Waals surface area (Å²) in [5.41, 5.74) is 5.90. The number of benzene rings is 7. The minimum absolute atomic E-state index is 0.314. The van der Waals surface area contributed by atoms with Crippen LogP contribution in [0.3, 0.4) is 0 Å². The van der Waals surface area contributed by atoms with Gasteiger partial charge in [-0.25, -0.2) is 0 Å². The fourth-order valence-corrected chi connectivity index (χ4v) is 8.58. The molecule has 0 aliphatic heterocycles. The van der Waals surface area contributed by atoms with Crippen LogP contribution in [0, 0.1) is 0 Å². The molecule has 188 valence electrons. The summed E-state index contributed by atoms with van der Waals surface area (Å²) in [6.45, 7) is 0. The molecule has 0 atom stereocenters. The van der Waals surface area contributed by atoms with Crippen LogP contribution in [0.1, 0.15) is 0 Å². The number of anilines is 3. The molecule has 7 aromatic carbocycles. The third-order valence-corrected chi connectivity index (χ3v) is 10.4. The van der Waals surface area contributed by atoms with Crippen molar-refractivity contribution in [2.45, 2.75) is 0 Å². The summed E-state index contributed by atoms with van der Waals surface area (Å²) in [4.78, 5) is 2.35. The summed E-state index contributed by atoms with van der Waals surface area (Å²) in [6.07, 6.45) is 0. The van der Waals surface area contributed by atoms with Crippen molar-refractivity contribution in [1.82, 2.24) is 0 Å². The van der Waals surface area contributed by atoms with Crippen molar-refractivity contribution in [3.8, 4) is 11.1 Å². The molecule has 0 spiro atoms. The zero-order valence-electron chi connectivity index (χ0n) is 21.8. The molecule has 0 aliphatic carbocycles. The number of rotatable bonds is 4. The van der Waals surface area contributed by atoms with Crippen molar-refractivity contribution in [2.24, 2.45) is 0 Å². The van der Waals surface area contributed by atoms with Crippen molar-refractivity contribution in [3.05, 3.63) is 152 Å². The Morgan fingerprint density at radius 2 is 1.00 bits per heavy atom. The zero-order valence-corrected chi connectivity index (χ0v) is 23.5. The fraction of sp³-hybridized carbons (Fsp3) is 0. The average Bonchev–Trinajstić information content (AvgIpc) is 3.41. The van der Waals surface area contributed by atoms with E-state index in [2.05, 4.69) is 157 Å². The molecule has 8 aromatic rings. The molecular formula is C38H25NSe. The van der Waals surface area contributed by atoms with E-state index in [-0.39, 0.29) is 0 Å². The molecule has 1 heterocycles. The largest absolute Gasteiger partial charge is 0.0617 e. The van der Waals surface area contributed by atoms with Crippen LogP contribution in [0.4, 0.5) is 17.1 Å². The first-order valence-electron chi connectivity index (χ1n) is 13.6. The first kappa shape index (κ1) is 23.3. The van der Waals surface area contributed by atoms with Crippen LogP contribution in [0.5, 0.6) is 0 Å². The topological polar surface area (TPSA) is 3.24 Å². The predicted molar refractivity (Wildman–Crippen MR) is 174 cm³/mol. The molecular weight excluding hydrogens is 549 g/mol. The van der Waals surface area contributed by atoms with Gasteiger partial charge in [-0.15, -0.1) is 0 Å². The maximum atomic E-state index is 2.35. The molecule has 0 N–H and O–H groups in total. The molecule has 1 nitrogen and oxygen atoms in total. The molecule has 0 radical (unpaired) electrons. The smallest absolute Gasteiger partial charge is 0.0544 e. The fourth-order valence-electron chi connectivity index (χ4n) is 5.91. The van der Waals surface area contributed by atoms with Crippen LogP contribution in [-0.2, 0) is 0 Å². The van der Waals surface area contributed by atoms with Gasteiger partial charge in [0.2, 0.25) is 0 Å². The van der Waals surface area contributed by atoms with Crippen molar-refractivity contribution in [3.63, 3.8) is 0 Å². The molecule has 0 aliphatic rings. The minimum atomic E-state index is 0.314. The Morgan fingerprint density at radius 3 is 1.82 bits per heavy atom. The summed E-state index contributed by atoms with van der Waals surface area (Å²) in [6, 6.07) is 55.2. The molecule has 0 saturated heterocycles. The van der Waals surface area contributed by atoms with Gasteiger partial charge < -0.3 is 0 Å². The van der Waals surface area contributed by atoms with Gasteiger partial charge in [0.15, 0.2) is 0 Å². The van der Waals surface area contributed by atoms with Gasteiger partial charge in [-0.2, -0.15) is 0 Å². The Balaban J connectivity index is 1.30. The van der Waals surface area contributed by atoms with Gasteiger partial charge in [-0.3, -0.25) is 0 Å². The van der Waals surface area contributed by atoms with Crippen LogP contribution >= 0.6 is 0 Å². The molecule has 0 bridgehead atoms. The average molecular weight is 575 g/mol. The summed E-state index contributed by atoms with van der Waals surface area (Å²) in [5.74, 6) is 0. The van der Waals surface area contributed by atoms with E-state index in [9.17, 15) is 0 Å². The second kappa shape index (κ2) is 9.54. The third kappa shape index (κ3) is 3.85. The molecule has 0 unspecified atom stereocenters. The summed E-state index contributed by atoms with van der Waals surface area (Å²) >= 11 is 0.314. The van der Waals surface area contributed by atoms with Gasteiger partial charge >= 0.3 is 210 Å². The van der Waals surface area contributed by atoms with E-state index < -0.39 is 0 Å². The van der Waals surface area contributed by atoms with E-state index in [1.54, 1.807) is 0 Å². The molecule has 1 aromatic heterocycles. The zero-order chi connectivity index (χ0) is 26.5. The van der Waals surface area contributed by atoms with Gasteiger partial charge in [0.1, 0.15) is 0 Å². The van der Waals surface area contributed by atoms with Gasteiger partial charge in [-0.05, 0) is 0 Å². The summed E-state index contributed by atoms with van der Waals surface area (Å²) in [5, 5.41) is 8.15. The van der Waals surface area contributed by atoms with Crippen molar-refractivity contribution in [1.29, 1.82) is 0 Å². The molecule has 40 heavy (non-hydrogen) atoms. The van der Waals surface area contributed by atoms with Crippen molar-refractivity contribution in [2.75, 3.05) is 4.90 Å². The maximum absolute atomic E-state index is 2.35. The van der Waals surface area contributed by atoms with Crippen molar-refractivity contribution >= 4 is 72.4 Å². The monoisotopic (exact) mass is 575 g/mol. The first-order chi connectivity index (χ1) is 19.8. The normalized spacial score (nSPS) is 11.5. The van der Waals surface area contributed by atoms with Crippen LogP contribution in [-0.4, -0.2) is 14.5 Å². The van der Waals surface area contributed by atoms with Crippen LogP contribution in [0.15, 0.2) is 152 Å². The molecule has 0 amide bonds. The first-order valence-corrected chi connectivity index (χ1v) is 15.3. The molecule has 0 fully saturated rings. The van der Waals surface area contributed by atoms with E-state index in [4.69, 9.17) is 0 Å². The van der Waals surface area contributed by atoms with Crippen LogP contribution in [0.25, 0.3) is 52.0 Å². The maximum Gasteiger partial charge on any atom is -0.0544 e. The van der Waals surface area contributed by atoms with Gasteiger partial charge in [0.05, 0.1) is 0 Å². The van der Waals surface area contributed by atoms with E-state index in [1.807, 2.05) is 0 Å². The van der Waals surface area contributed by atoms with Gasteiger partial charge in [0, 0.05) is 0 Å².